The lowest BCUT2D eigenvalue weighted by Crippen LogP contribution is -2.41. The molecule has 1 heterocycles. The summed E-state index contributed by atoms with van der Waals surface area (Å²) in [6.07, 6.45) is 0.975. The van der Waals surface area contributed by atoms with Crippen molar-refractivity contribution in [2.75, 3.05) is 11.4 Å². The third-order valence-electron chi connectivity index (χ3n) is 4.63. The zero-order valence-corrected chi connectivity index (χ0v) is 16.9. The van der Waals surface area contributed by atoms with Gasteiger partial charge >= 0.3 is 12.0 Å². The fourth-order valence-corrected chi connectivity index (χ4v) is 3.03. The van der Waals surface area contributed by atoms with E-state index in [1.54, 1.807) is 0 Å². The highest BCUT2D eigenvalue weighted by molar-refractivity contribution is 6.00. The maximum Gasteiger partial charge on any atom is 0.326 e. The lowest BCUT2D eigenvalue weighted by atomic mass is 10.0. The summed E-state index contributed by atoms with van der Waals surface area (Å²) in [5.74, 6) is -3.07. The Balaban J connectivity index is 2.04. The smallest absolute Gasteiger partial charge is 0.326 e. The van der Waals surface area contributed by atoms with Crippen LogP contribution in [0.1, 0.15) is 6.42 Å². The maximum absolute atomic E-state index is 14.1. The van der Waals surface area contributed by atoms with Crippen molar-refractivity contribution in [3.05, 3.63) is 76.7 Å². The zero-order valence-electron chi connectivity index (χ0n) is 16.9. The molecule has 2 amide bonds. The van der Waals surface area contributed by atoms with Gasteiger partial charge in [-0.3, -0.25) is 14.5 Å². The summed E-state index contributed by atoms with van der Waals surface area (Å²) in [4.78, 5) is 37.2. The number of hydrogen-bond acceptors (Lipinski definition) is 4. The van der Waals surface area contributed by atoms with Crippen LogP contribution < -0.4 is 15.8 Å². The van der Waals surface area contributed by atoms with E-state index < -0.39 is 34.9 Å². The van der Waals surface area contributed by atoms with E-state index >= 15 is 0 Å². The monoisotopic (exact) mass is 443 g/mol. The summed E-state index contributed by atoms with van der Waals surface area (Å²) < 4.78 is 28.5. The molecule has 0 unspecified atom stereocenters. The number of aryl methyl sites for hydroxylation is 1. The number of halogens is 2. The van der Waals surface area contributed by atoms with Crippen LogP contribution in [0.5, 0.6) is 5.75 Å². The van der Waals surface area contributed by atoms with Gasteiger partial charge in [0.1, 0.15) is 17.4 Å². The second kappa shape index (κ2) is 9.29. The molecule has 0 atom stereocenters. The van der Waals surface area contributed by atoms with Crippen LogP contribution in [0.15, 0.2) is 59.5 Å². The minimum Gasteiger partial charge on any atom is -0.505 e. The number of carboxylic acid groups (broad SMARTS) is 1. The van der Waals surface area contributed by atoms with Gasteiger partial charge < -0.3 is 20.1 Å². The van der Waals surface area contributed by atoms with Gasteiger partial charge in [-0.25, -0.2) is 13.6 Å². The Bertz CT molecular complexity index is 1230. The van der Waals surface area contributed by atoms with Gasteiger partial charge in [-0.2, -0.15) is 0 Å². The second-order valence-electron chi connectivity index (χ2n) is 6.85. The highest BCUT2D eigenvalue weighted by atomic mass is 19.1. The highest BCUT2D eigenvalue weighted by Gasteiger charge is 2.25. The fraction of sp³-hybridized carbons (Fsp3) is 0.136. The van der Waals surface area contributed by atoms with E-state index in [-0.39, 0.29) is 29.9 Å². The molecule has 3 rings (SSSR count). The Labute approximate surface area is 181 Å². The van der Waals surface area contributed by atoms with Crippen molar-refractivity contribution in [1.29, 1.82) is 0 Å². The quantitative estimate of drug-likeness (QED) is 0.541. The molecular weight excluding hydrogens is 424 g/mol. The second-order valence-corrected chi connectivity index (χ2v) is 6.85. The summed E-state index contributed by atoms with van der Waals surface area (Å²) in [5.41, 5.74) is -0.338. The van der Waals surface area contributed by atoms with E-state index in [0.717, 1.165) is 21.6 Å². The van der Waals surface area contributed by atoms with Crippen molar-refractivity contribution in [1.82, 2.24) is 9.88 Å². The molecule has 0 saturated carbocycles. The standard InChI is InChI=1S/C22H19F2N3O5/c1-26-11-9-18(28)20(21(26)31)27(22(32)25-10-8-19(29)30)15-5-2-13(3-6-15)16-7-4-14(23)12-17(16)24/h2-7,9,11-12,28H,8,10H2,1H3,(H,25,32)(H,29,30). The first-order valence-electron chi connectivity index (χ1n) is 9.43. The van der Waals surface area contributed by atoms with Crippen molar-refractivity contribution in [2.45, 2.75) is 6.42 Å². The number of carboxylic acids is 1. The van der Waals surface area contributed by atoms with Gasteiger partial charge in [-0.15, -0.1) is 0 Å². The van der Waals surface area contributed by atoms with Crippen LogP contribution in [0.4, 0.5) is 25.0 Å². The van der Waals surface area contributed by atoms with E-state index in [9.17, 15) is 28.3 Å². The Kier molecular flexibility index (Phi) is 6.53. The third-order valence-corrected chi connectivity index (χ3v) is 4.63. The van der Waals surface area contributed by atoms with Gasteiger partial charge in [0.2, 0.25) is 0 Å². The molecule has 0 fully saturated rings. The summed E-state index contributed by atoms with van der Waals surface area (Å²) in [6, 6.07) is 9.29. The van der Waals surface area contributed by atoms with E-state index in [1.807, 2.05) is 0 Å². The van der Waals surface area contributed by atoms with E-state index in [2.05, 4.69) is 5.32 Å². The summed E-state index contributed by atoms with van der Waals surface area (Å²) in [7, 11) is 1.44. The van der Waals surface area contributed by atoms with E-state index in [0.29, 0.717) is 5.56 Å². The molecule has 0 radical (unpaired) electrons. The predicted molar refractivity (Wildman–Crippen MR) is 113 cm³/mol. The van der Waals surface area contributed by atoms with Gasteiger partial charge in [0.25, 0.3) is 5.56 Å². The SMILES string of the molecule is Cn1ccc(O)c(N(C(=O)NCCC(=O)O)c2ccc(-c3ccc(F)cc3F)cc2)c1=O. The van der Waals surface area contributed by atoms with Crippen molar-refractivity contribution in [3.63, 3.8) is 0 Å². The minimum atomic E-state index is -1.12. The molecule has 0 saturated heterocycles. The van der Waals surface area contributed by atoms with E-state index in [4.69, 9.17) is 5.11 Å². The largest absolute Gasteiger partial charge is 0.505 e. The summed E-state index contributed by atoms with van der Waals surface area (Å²) in [6.45, 7) is -0.211. The van der Waals surface area contributed by atoms with Gasteiger partial charge in [0, 0.05) is 31.4 Å². The number of pyridine rings is 1. The van der Waals surface area contributed by atoms with Crippen molar-refractivity contribution >= 4 is 23.4 Å². The van der Waals surface area contributed by atoms with Gasteiger partial charge in [-0.05, 0) is 35.9 Å². The van der Waals surface area contributed by atoms with Crippen LogP contribution in [0, 0.1) is 11.6 Å². The average Bonchev–Trinajstić information content (AvgIpc) is 2.74. The normalized spacial score (nSPS) is 10.6. The molecule has 3 aromatic rings. The fourth-order valence-electron chi connectivity index (χ4n) is 3.03. The Morgan fingerprint density at radius 1 is 1.09 bits per heavy atom. The first-order valence-corrected chi connectivity index (χ1v) is 9.43. The molecule has 1 aromatic heterocycles. The number of carbonyl (C=O) groups is 2. The van der Waals surface area contributed by atoms with Gasteiger partial charge in [-0.1, -0.05) is 12.1 Å². The average molecular weight is 443 g/mol. The summed E-state index contributed by atoms with van der Waals surface area (Å²) >= 11 is 0. The number of aromatic hydroxyl groups is 1. The third kappa shape index (κ3) is 4.75. The number of benzene rings is 2. The molecule has 0 aliphatic carbocycles. The number of amides is 2. The lowest BCUT2D eigenvalue weighted by molar-refractivity contribution is -0.136. The van der Waals surface area contributed by atoms with Crippen LogP contribution in [0.3, 0.4) is 0 Å². The van der Waals surface area contributed by atoms with Crippen molar-refractivity contribution in [2.24, 2.45) is 7.05 Å². The first kappa shape index (κ1) is 22.5. The molecule has 0 bridgehead atoms. The zero-order chi connectivity index (χ0) is 23.4. The molecule has 32 heavy (non-hydrogen) atoms. The molecule has 166 valence electrons. The Morgan fingerprint density at radius 2 is 1.78 bits per heavy atom. The minimum absolute atomic E-state index is 0.133. The van der Waals surface area contributed by atoms with Crippen LogP contribution in [0.2, 0.25) is 0 Å². The molecule has 0 spiro atoms. The number of anilines is 2. The number of carbonyl (C=O) groups excluding carboxylic acids is 1. The van der Waals surface area contributed by atoms with Crippen molar-refractivity contribution in [3.8, 4) is 16.9 Å². The topological polar surface area (TPSA) is 112 Å². The van der Waals surface area contributed by atoms with Crippen molar-refractivity contribution < 1.29 is 28.6 Å². The molecule has 0 aliphatic heterocycles. The molecule has 8 nitrogen and oxygen atoms in total. The number of aliphatic carboxylic acids is 1. The van der Waals surface area contributed by atoms with Crippen LogP contribution in [-0.4, -0.2) is 33.3 Å². The van der Waals surface area contributed by atoms with E-state index in [1.165, 1.54) is 49.6 Å². The van der Waals surface area contributed by atoms with Gasteiger partial charge in [0.05, 0.1) is 12.1 Å². The number of aromatic nitrogens is 1. The number of rotatable bonds is 6. The first-order chi connectivity index (χ1) is 15.2. The van der Waals surface area contributed by atoms with Gasteiger partial charge in [0.15, 0.2) is 5.69 Å². The predicted octanol–water partition coefficient (Wildman–Crippen LogP) is 3.36. The number of nitrogens with one attached hydrogen (secondary N) is 1. The molecule has 2 aromatic carbocycles. The molecular formula is C22H19F2N3O5. The Hall–Kier alpha value is -4.21. The van der Waals surface area contributed by atoms with Crippen LogP contribution >= 0.6 is 0 Å². The number of nitrogens with zero attached hydrogens (tertiary/aromatic N) is 2. The Morgan fingerprint density at radius 3 is 2.41 bits per heavy atom. The highest BCUT2D eigenvalue weighted by Crippen LogP contribution is 2.32. The molecule has 3 N–H and O–H groups in total. The summed E-state index contributed by atoms with van der Waals surface area (Å²) in [5, 5.41) is 21.5. The van der Waals surface area contributed by atoms with Crippen LogP contribution in [0.25, 0.3) is 11.1 Å². The maximum atomic E-state index is 14.1. The number of urea groups is 1. The number of hydrogen-bond donors (Lipinski definition) is 3. The van der Waals surface area contributed by atoms with Crippen LogP contribution in [-0.2, 0) is 11.8 Å². The lowest BCUT2D eigenvalue weighted by Gasteiger charge is -2.24. The molecule has 0 aliphatic rings. The molecule has 10 heteroatoms.